The standard InChI is InChI=1S/C7H16N2S/c1-7(2)8-3-5-9(10)6-4-8/h7,10H,3-6H2,1-2H3. The van der Waals surface area contributed by atoms with E-state index in [-0.39, 0.29) is 0 Å². The van der Waals surface area contributed by atoms with Crippen LogP contribution in [0, 0.1) is 0 Å². The van der Waals surface area contributed by atoms with Crippen LogP contribution in [0.2, 0.25) is 0 Å². The second-order valence-corrected chi connectivity index (χ2v) is 3.65. The Hall–Kier alpha value is 0.270. The quantitative estimate of drug-likeness (QED) is 0.568. The molecule has 1 fully saturated rings. The summed E-state index contributed by atoms with van der Waals surface area (Å²) in [6.45, 7) is 9.02. The average Bonchev–Trinajstić information content (AvgIpc) is 1.88. The summed E-state index contributed by atoms with van der Waals surface area (Å²) in [4.78, 5) is 2.48. The largest absolute Gasteiger partial charge is 0.298 e. The van der Waals surface area contributed by atoms with Crippen LogP contribution in [-0.4, -0.2) is 41.4 Å². The molecule has 10 heavy (non-hydrogen) atoms. The van der Waals surface area contributed by atoms with Crippen molar-refractivity contribution in [2.45, 2.75) is 19.9 Å². The number of hydrogen-bond acceptors (Lipinski definition) is 3. The minimum absolute atomic E-state index is 0.696. The number of nitrogens with zero attached hydrogens (tertiary/aromatic N) is 2. The van der Waals surface area contributed by atoms with E-state index in [1.165, 1.54) is 13.1 Å². The Morgan fingerprint density at radius 2 is 1.60 bits per heavy atom. The summed E-state index contributed by atoms with van der Waals surface area (Å²) in [5, 5.41) is 0. The summed E-state index contributed by atoms with van der Waals surface area (Å²) in [5.74, 6) is 0. The Bertz CT molecular complexity index is 97.8. The summed E-state index contributed by atoms with van der Waals surface area (Å²) in [6.07, 6.45) is 0. The smallest absolute Gasteiger partial charge is 0.0216 e. The van der Waals surface area contributed by atoms with Gasteiger partial charge in [0.25, 0.3) is 0 Å². The molecule has 0 saturated carbocycles. The van der Waals surface area contributed by atoms with Crippen LogP contribution in [0.5, 0.6) is 0 Å². The van der Waals surface area contributed by atoms with Gasteiger partial charge in [-0.2, -0.15) is 0 Å². The Morgan fingerprint density at radius 3 is 2.00 bits per heavy atom. The zero-order valence-electron chi connectivity index (χ0n) is 6.75. The second-order valence-electron chi connectivity index (χ2n) is 3.08. The first-order valence-electron chi connectivity index (χ1n) is 3.88. The van der Waals surface area contributed by atoms with Gasteiger partial charge < -0.3 is 0 Å². The van der Waals surface area contributed by atoms with Crippen LogP contribution in [-0.2, 0) is 0 Å². The minimum atomic E-state index is 0.696. The molecule has 0 radical (unpaired) electrons. The van der Waals surface area contributed by atoms with E-state index in [2.05, 4.69) is 35.9 Å². The highest BCUT2D eigenvalue weighted by Gasteiger charge is 2.15. The molecule has 0 atom stereocenters. The molecule has 0 spiro atoms. The van der Waals surface area contributed by atoms with Crippen LogP contribution in [0.4, 0.5) is 0 Å². The third-order valence-electron chi connectivity index (χ3n) is 2.02. The topological polar surface area (TPSA) is 6.48 Å². The van der Waals surface area contributed by atoms with E-state index in [0.29, 0.717) is 6.04 Å². The first kappa shape index (κ1) is 8.37. The molecule has 0 aromatic rings. The highest BCUT2D eigenvalue weighted by atomic mass is 32.1. The summed E-state index contributed by atoms with van der Waals surface area (Å²) in [6, 6.07) is 0.696. The molecule has 0 bridgehead atoms. The Labute approximate surface area is 68.7 Å². The van der Waals surface area contributed by atoms with Crippen LogP contribution >= 0.6 is 12.8 Å². The van der Waals surface area contributed by atoms with Gasteiger partial charge in [0.2, 0.25) is 0 Å². The lowest BCUT2D eigenvalue weighted by molar-refractivity contribution is 0.161. The van der Waals surface area contributed by atoms with Crippen LogP contribution < -0.4 is 0 Å². The van der Waals surface area contributed by atoms with Gasteiger partial charge in [0.05, 0.1) is 0 Å². The molecule has 1 aliphatic rings. The fourth-order valence-corrected chi connectivity index (χ4v) is 1.41. The summed E-state index contributed by atoms with van der Waals surface area (Å²) < 4.78 is 2.08. The molecule has 3 heteroatoms. The van der Waals surface area contributed by atoms with Crippen molar-refractivity contribution in [3.8, 4) is 0 Å². The zero-order valence-corrected chi connectivity index (χ0v) is 7.64. The highest BCUT2D eigenvalue weighted by molar-refractivity contribution is 7.77. The molecule has 0 aliphatic carbocycles. The lowest BCUT2D eigenvalue weighted by Crippen LogP contribution is -2.45. The fraction of sp³-hybridized carbons (Fsp3) is 1.00. The van der Waals surface area contributed by atoms with Gasteiger partial charge in [0, 0.05) is 32.2 Å². The van der Waals surface area contributed by atoms with E-state index < -0.39 is 0 Å². The van der Waals surface area contributed by atoms with E-state index in [1.54, 1.807) is 0 Å². The van der Waals surface area contributed by atoms with Crippen LogP contribution in [0.15, 0.2) is 0 Å². The first-order chi connectivity index (χ1) is 4.70. The molecular formula is C7H16N2S. The SMILES string of the molecule is CC(C)N1CCN(S)CC1. The van der Waals surface area contributed by atoms with E-state index >= 15 is 0 Å². The van der Waals surface area contributed by atoms with Crippen molar-refractivity contribution in [1.82, 2.24) is 9.21 Å². The molecule has 0 aromatic carbocycles. The lowest BCUT2D eigenvalue weighted by atomic mass is 10.3. The molecule has 1 heterocycles. The summed E-state index contributed by atoms with van der Waals surface area (Å²) in [7, 11) is 0. The Balaban J connectivity index is 2.26. The van der Waals surface area contributed by atoms with Crippen molar-refractivity contribution in [3.63, 3.8) is 0 Å². The number of hydrogen-bond donors (Lipinski definition) is 1. The molecule has 0 N–H and O–H groups in total. The van der Waals surface area contributed by atoms with E-state index in [4.69, 9.17) is 0 Å². The maximum absolute atomic E-state index is 4.28. The molecular weight excluding hydrogens is 144 g/mol. The number of rotatable bonds is 1. The van der Waals surface area contributed by atoms with Crippen molar-refractivity contribution in [3.05, 3.63) is 0 Å². The lowest BCUT2D eigenvalue weighted by Gasteiger charge is -2.34. The second kappa shape index (κ2) is 3.60. The van der Waals surface area contributed by atoms with Crippen molar-refractivity contribution in [1.29, 1.82) is 0 Å². The molecule has 60 valence electrons. The van der Waals surface area contributed by atoms with Gasteiger partial charge in [-0.15, -0.1) is 0 Å². The summed E-state index contributed by atoms with van der Waals surface area (Å²) in [5.41, 5.74) is 0. The minimum Gasteiger partial charge on any atom is -0.298 e. The Kier molecular flexibility index (Phi) is 3.01. The molecule has 1 saturated heterocycles. The maximum atomic E-state index is 4.28. The van der Waals surface area contributed by atoms with Gasteiger partial charge in [-0.1, -0.05) is 12.8 Å². The van der Waals surface area contributed by atoms with Crippen molar-refractivity contribution >= 4 is 12.8 Å². The van der Waals surface area contributed by atoms with Gasteiger partial charge >= 0.3 is 0 Å². The fourth-order valence-electron chi connectivity index (χ4n) is 1.23. The highest BCUT2D eigenvalue weighted by Crippen LogP contribution is 2.06. The number of piperazine rings is 1. The maximum Gasteiger partial charge on any atom is 0.0216 e. The predicted octanol–water partition coefficient (Wildman–Crippen LogP) is 0.857. The van der Waals surface area contributed by atoms with Gasteiger partial charge in [-0.05, 0) is 13.8 Å². The monoisotopic (exact) mass is 160 g/mol. The molecule has 2 nitrogen and oxygen atoms in total. The van der Waals surface area contributed by atoms with Crippen molar-refractivity contribution in [2.24, 2.45) is 0 Å². The van der Waals surface area contributed by atoms with Crippen LogP contribution in [0.3, 0.4) is 0 Å². The van der Waals surface area contributed by atoms with Gasteiger partial charge in [-0.3, -0.25) is 9.21 Å². The third-order valence-corrected chi connectivity index (χ3v) is 2.42. The van der Waals surface area contributed by atoms with Crippen LogP contribution in [0.25, 0.3) is 0 Å². The normalized spacial score (nSPS) is 24.0. The molecule has 1 aliphatic heterocycles. The van der Waals surface area contributed by atoms with Gasteiger partial charge in [0.15, 0.2) is 0 Å². The molecule has 0 unspecified atom stereocenters. The first-order valence-corrected chi connectivity index (χ1v) is 4.28. The van der Waals surface area contributed by atoms with Crippen molar-refractivity contribution in [2.75, 3.05) is 26.2 Å². The third kappa shape index (κ3) is 2.15. The summed E-state index contributed by atoms with van der Waals surface area (Å²) >= 11 is 4.28. The van der Waals surface area contributed by atoms with Gasteiger partial charge in [0.1, 0.15) is 0 Å². The van der Waals surface area contributed by atoms with E-state index in [0.717, 1.165) is 13.1 Å². The Morgan fingerprint density at radius 1 is 1.10 bits per heavy atom. The van der Waals surface area contributed by atoms with Crippen molar-refractivity contribution < 1.29 is 0 Å². The van der Waals surface area contributed by atoms with Gasteiger partial charge in [-0.25, -0.2) is 0 Å². The molecule has 1 rings (SSSR count). The predicted molar refractivity (Wildman–Crippen MR) is 47.3 cm³/mol. The van der Waals surface area contributed by atoms with E-state index in [9.17, 15) is 0 Å². The zero-order chi connectivity index (χ0) is 7.56. The van der Waals surface area contributed by atoms with E-state index in [1.807, 2.05) is 0 Å². The molecule has 0 amide bonds. The average molecular weight is 160 g/mol. The molecule has 0 aromatic heterocycles. The number of thiol groups is 1. The van der Waals surface area contributed by atoms with Crippen LogP contribution in [0.1, 0.15) is 13.8 Å².